The number of hydrogen-bond donors (Lipinski definition) is 0. The maximum atomic E-state index is 6.14. The summed E-state index contributed by atoms with van der Waals surface area (Å²) < 4.78 is 0. The van der Waals surface area contributed by atoms with Crippen molar-refractivity contribution < 1.29 is 0 Å². The van der Waals surface area contributed by atoms with Gasteiger partial charge in [0.15, 0.2) is 0 Å². The second-order valence-electron chi connectivity index (χ2n) is 4.60. The lowest BCUT2D eigenvalue weighted by Gasteiger charge is -2.07. The molecule has 1 rings (SSSR count). The van der Waals surface area contributed by atoms with Crippen molar-refractivity contribution >= 4 is 35.5 Å². The first-order chi connectivity index (χ1) is 9.04. The number of unbranched alkanes of at least 4 members (excludes halogenated alkanes) is 3. The second-order valence-corrected chi connectivity index (χ2v) is 5.32. The molecule has 0 fully saturated rings. The van der Waals surface area contributed by atoms with Crippen molar-refractivity contribution in [2.24, 2.45) is 4.99 Å². The highest BCUT2D eigenvalue weighted by Gasteiger charge is 2.10. The van der Waals surface area contributed by atoms with Crippen molar-refractivity contribution in [1.82, 2.24) is 14.9 Å². The van der Waals surface area contributed by atoms with Crippen LogP contribution < -0.4 is 0 Å². The molecule has 1 heterocycles. The molecule has 0 saturated heterocycles. The third-order valence-electron chi connectivity index (χ3n) is 2.58. The second kappa shape index (κ2) is 8.33. The Morgan fingerprint density at radius 2 is 1.74 bits per heavy atom. The van der Waals surface area contributed by atoms with Gasteiger partial charge < -0.3 is 4.90 Å². The fraction of sp³-hybridized carbons (Fsp3) is 0.615. The van der Waals surface area contributed by atoms with Crippen LogP contribution in [0.25, 0.3) is 0 Å². The molecule has 0 radical (unpaired) electrons. The Morgan fingerprint density at radius 1 is 1.11 bits per heavy atom. The Kier molecular flexibility index (Phi) is 7.10. The van der Waals surface area contributed by atoms with Crippen LogP contribution in [0.3, 0.4) is 0 Å². The van der Waals surface area contributed by atoms with Gasteiger partial charge >= 0.3 is 0 Å². The highest BCUT2D eigenvalue weighted by molar-refractivity contribution is 6.34. The standard InChI is InChI=1S/C13H20Cl2N4/c1-4-5-6-7-8-10-11(14)17-13(18-12(10)15)16-9-19(2)3/h9H,4-8H2,1-3H3. The van der Waals surface area contributed by atoms with Gasteiger partial charge in [0.2, 0.25) is 0 Å². The average Bonchev–Trinajstić information content (AvgIpc) is 2.34. The summed E-state index contributed by atoms with van der Waals surface area (Å²) in [7, 11) is 3.74. The highest BCUT2D eigenvalue weighted by atomic mass is 35.5. The van der Waals surface area contributed by atoms with Crippen LogP contribution in [-0.2, 0) is 6.42 Å². The van der Waals surface area contributed by atoms with Gasteiger partial charge in [-0.1, -0.05) is 49.4 Å². The van der Waals surface area contributed by atoms with Crippen LogP contribution in [0, 0.1) is 0 Å². The van der Waals surface area contributed by atoms with Crippen LogP contribution in [0.2, 0.25) is 10.3 Å². The molecule has 0 unspecified atom stereocenters. The van der Waals surface area contributed by atoms with Crippen molar-refractivity contribution in [3.8, 4) is 0 Å². The van der Waals surface area contributed by atoms with Crippen molar-refractivity contribution in [2.75, 3.05) is 14.1 Å². The lowest BCUT2D eigenvalue weighted by molar-refractivity contribution is 0.642. The smallest absolute Gasteiger partial charge is 0.253 e. The number of nitrogens with zero attached hydrogens (tertiary/aromatic N) is 4. The van der Waals surface area contributed by atoms with Gasteiger partial charge in [-0.2, -0.15) is 9.97 Å². The molecule has 0 aliphatic heterocycles. The Balaban J connectivity index is 2.74. The van der Waals surface area contributed by atoms with Gasteiger partial charge in [0.05, 0.1) is 6.34 Å². The van der Waals surface area contributed by atoms with Crippen LogP contribution in [0.4, 0.5) is 5.95 Å². The minimum Gasteiger partial charge on any atom is -0.369 e. The monoisotopic (exact) mass is 302 g/mol. The topological polar surface area (TPSA) is 41.4 Å². The summed E-state index contributed by atoms with van der Waals surface area (Å²) in [6, 6.07) is 0. The Morgan fingerprint density at radius 3 is 2.26 bits per heavy atom. The number of aromatic nitrogens is 2. The third kappa shape index (κ3) is 5.74. The van der Waals surface area contributed by atoms with Gasteiger partial charge in [-0.3, -0.25) is 0 Å². The van der Waals surface area contributed by atoms with Gasteiger partial charge in [0.1, 0.15) is 10.3 Å². The summed E-state index contributed by atoms with van der Waals surface area (Å²) in [6.45, 7) is 2.18. The van der Waals surface area contributed by atoms with E-state index in [1.807, 2.05) is 14.1 Å². The lowest BCUT2D eigenvalue weighted by atomic mass is 10.1. The van der Waals surface area contributed by atoms with E-state index in [1.165, 1.54) is 19.3 Å². The normalized spacial score (nSPS) is 11.2. The first-order valence-electron chi connectivity index (χ1n) is 6.47. The highest BCUT2D eigenvalue weighted by Crippen LogP contribution is 2.25. The van der Waals surface area contributed by atoms with Gasteiger partial charge in [-0.15, -0.1) is 0 Å². The van der Waals surface area contributed by atoms with Gasteiger partial charge in [0, 0.05) is 19.7 Å². The molecule has 1 aromatic rings. The van der Waals surface area contributed by atoms with Crippen LogP contribution >= 0.6 is 23.2 Å². The molecule has 0 aliphatic carbocycles. The average molecular weight is 303 g/mol. The molecule has 0 spiro atoms. The lowest BCUT2D eigenvalue weighted by Crippen LogP contribution is -2.07. The zero-order valence-electron chi connectivity index (χ0n) is 11.7. The Hall–Kier alpha value is -0.870. The zero-order chi connectivity index (χ0) is 14.3. The van der Waals surface area contributed by atoms with Gasteiger partial charge in [0.25, 0.3) is 5.95 Å². The molecule has 19 heavy (non-hydrogen) atoms. The molecule has 4 nitrogen and oxygen atoms in total. The van der Waals surface area contributed by atoms with Crippen molar-refractivity contribution in [1.29, 1.82) is 0 Å². The van der Waals surface area contributed by atoms with E-state index in [0.29, 0.717) is 16.3 Å². The molecule has 0 amide bonds. The van der Waals surface area contributed by atoms with E-state index < -0.39 is 0 Å². The quantitative estimate of drug-likeness (QED) is 0.329. The zero-order valence-corrected chi connectivity index (χ0v) is 13.2. The SMILES string of the molecule is CCCCCCc1c(Cl)nc(N=CN(C)C)nc1Cl. The fourth-order valence-corrected chi connectivity index (χ4v) is 2.15. The summed E-state index contributed by atoms with van der Waals surface area (Å²) in [5, 5.41) is 0.810. The summed E-state index contributed by atoms with van der Waals surface area (Å²) in [4.78, 5) is 14.2. The van der Waals surface area contributed by atoms with E-state index in [9.17, 15) is 0 Å². The summed E-state index contributed by atoms with van der Waals surface area (Å²) >= 11 is 12.3. The molecular formula is C13H20Cl2N4. The van der Waals surface area contributed by atoms with E-state index in [-0.39, 0.29) is 0 Å². The van der Waals surface area contributed by atoms with Crippen LogP contribution in [-0.4, -0.2) is 35.3 Å². The number of hydrogen-bond acceptors (Lipinski definition) is 3. The number of halogens is 2. The largest absolute Gasteiger partial charge is 0.369 e. The first-order valence-corrected chi connectivity index (χ1v) is 7.22. The predicted molar refractivity (Wildman–Crippen MR) is 81.7 cm³/mol. The Bertz CT molecular complexity index is 410. The maximum absolute atomic E-state index is 6.14. The summed E-state index contributed by atoms with van der Waals surface area (Å²) in [5.74, 6) is 0.293. The minimum absolute atomic E-state index is 0.293. The van der Waals surface area contributed by atoms with Gasteiger partial charge in [-0.05, 0) is 12.8 Å². The van der Waals surface area contributed by atoms with E-state index in [1.54, 1.807) is 11.2 Å². The minimum atomic E-state index is 0.293. The Labute approximate surface area is 124 Å². The maximum Gasteiger partial charge on any atom is 0.253 e. The van der Waals surface area contributed by atoms with E-state index in [4.69, 9.17) is 23.2 Å². The van der Waals surface area contributed by atoms with Crippen LogP contribution in [0.5, 0.6) is 0 Å². The van der Waals surface area contributed by atoms with Crippen LogP contribution in [0.15, 0.2) is 4.99 Å². The van der Waals surface area contributed by atoms with Crippen molar-refractivity contribution in [2.45, 2.75) is 39.0 Å². The molecule has 0 saturated carbocycles. The van der Waals surface area contributed by atoms with E-state index >= 15 is 0 Å². The molecule has 0 aliphatic rings. The van der Waals surface area contributed by atoms with E-state index in [2.05, 4.69) is 21.9 Å². The summed E-state index contributed by atoms with van der Waals surface area (Å²) in [5.41, 5.74) is 0.822. The molecule has 106 valence electrons. The molecule has 0 bridgehead atoms. The molecule has 6 heteroatoms. The van der Waals surface area contributed by atoms with Crippen molar-refractivity contribution in [3.05, 3.63) is 15.9 Å². The fourth-order valence-electron chi connectivity index (χ4n) is 1.58. The predicted octanol–water partition coefficient (Wildman–Crippen LogP) is 4.13. The molecule has 0 atom stereocenters. The van der Waals surface area contributed by atoms with Crippen LogP contribution in [0.1, 0.15) is 38.2 Å². The first kappa shape index (κ1) is 16.2. The molecule has 0 aromatic carbocycles. The number of rotatable bonds is 7. The molecule has 1 aromatic heterocycles. The third-order valence-corrected chi connectivity index (χ3v) is 3.20. The number of aliphatic imine (C=N–C) groups is 1. The molecular weight excluding hydrogens is 283 g/mol. The molecule has 0 N–H and O–H groups in total. The van der Waals surface area contributed by atoms with Crippen molar-refractivity contribution in [3.63, 3.8) is 0 Å². The van der Waals surface area contributed by atoms with Gasteiger partial charge in [-0.25, -0.2) is 4.99 Å². The summed E-state index contributed by atoms with van der Waals surface area (Å²) in [6.07, 6.45) is 7.08. The van der Waals surface area contributed by atoms with E-state index in [0.717, 1.165) is 18.4 Å².